The fourth-order valence-corrected chi connectivity index (χ4v) is 5.24. The summed E-state index contributed by atoms with van der Waals surface area (Å²) in [6.07, 6.45) is 7.37. The van der Waals surface area contributed by atoms with Gasteiger partial charge in [0.1, 0.15) is 10.8 Å². The summed E-state index contributed by atoms with van der Waals surface area (Å²) >= 11 is 3.62. The molecule has 0 saturated heterocycles. The highest BCUT2D eigenvalue weighted by atomic mass is 32.2. The van der Waals surface area contributed by atoms with E-state index in [1.165, 1.54) is 36.1 Å². The molecule has 1 aliphatic heterocycles. The lowest BCUT2D eigenvalue weighted by Crippen LogP contribution is -2.20. The van der Waals surface area contributed by atoms with Gasteiger partial charge < -0.3 is 0 Å². The number of aliphatic imine (C=N–C) groups is 2. The molecule has 0 amide bonds. The van der Waals surface area contributed by atoms with Crippen LogP contribution in [0.2, 0.25) is 0 Å². The van der Waals surface area contributed by atoms with Crippen LogP contribution in [0.25, 0.3) is 0 Å². The molecule has 1 aromatic carbocycles. The highest BCUT2D eigenvalue weighted by Gasteiger charge is 2.37. The van der Waals surface area contributed by atoms with Crippen LogP contribution >= 0.6 is 23.1 Å². The van der Waals surface area contributed by atoms with Crippen molar-refractivity contribution >= 4 is 33.9 Å². The van der Waals surface area contributed by atoms with Gasteiger partial charge in [-0.2, -0.15) is 0 Å². The molecule has 124 valence electrons. The minimum atomic E-state index is -0.172. The predicted octanol–water partition coefficient (Wildman–Crippen LogP) is 5.93. The highest BCUT2D eigenvalue weighted by molar-refractivity contribution is 8.15. The van der Waals surface area contributed by atoms with Crippen molar-refractivity contribution in [1.82, 2.24) is 0 Å². The van der Waals surface area contributed by atoms with Crippen molar-refractivity contribution in [2.45, 2.75) is 49.9 Å². The van der Waals surface area contributed by atoms with E-state index < -0.39 is 0 Å². The molecule has 1 aromatic heterocycles. The van der Waals surface area contributed by atoms with E-state index in [1.54, 1.807) is 11.3 Å². The van der Waals surface area contributed by atoms with E-state index in [2.05, 4.69) is 47.8 Å². The average Bonchev–Trinajstić information content (AvgIpc) is 3.19. The van der Waals surface area contributed by atoms with Gasteiger partial charge in [0.15, 0.2) is 5.66 Å². The number of rotatable bonds is 3. The van der Waals surface area contributed by atoms with E-state index in [9.17, 15) is 0 Å². The minimum Gasteiger partial charge on any atom is -0.251 e. The normalized spacial score (nSPS) is 19.8. The Labute approximate surface area is 152 Å². The molecule has 1 fully saturated rings. The number of benzene rings is 1. The molecular formula is C20H22N2S2. The maximum atomic E-state index is 5.18. The lowest BCUT2D eigenvalue weighted by Gasteiger charge is -2.20. The predicted molar refractivity (Wildman–Crippen MR) is 106 cm³/mol. The van der Waals surface area contributed by atoms with E-state index in [1.807, 2.05) is 11.8 Å². The van der Waals surface area contributed by atoms with Gasteiger partial charge >= 0.3 is 0 Å². The van der Waals surface area contributed by atoms with Crippen molar-refractivity contribution in [1.29, 1.82) is 0 Å². The van der Waals surface area contributed by atoms with Gasteiger partial charge in [-0.15, -0.1) is 11.3 Å². The summed E-state index contributed by atoms with van der Waals surface area (Å²) in [7, 11) is 0. The van der Waals surface area contributed by atoms with Crippen molar-refractivity contribution < 1.29 is 0 Å². The molecule has 4 heteroatoms. The van der Waals surface area contributed by atoms with Gasteiger partial charge in [0.05, 0.1) is 4.88 Å². The number of thiophene rings is 1. The molecule has 2 nitrogen and oxygen atoms in total. The van der Waals surface area contributed by atoms with Crippen LogP contribution in [0.15, 0.2) is 57.8 Å². The third-order valence-corrected chi connectivity index (χ3v) is 6.62. The summed E-state index contributed by atoms with van der Waals surface area (Å²) in [6, 6.07) is 14.9. The standard InChI is InChI=1S/C20H22N2S2/c1-2-7-13-20(12-6-1)21-18(17-11-8-14-23-17)19(22-20)24-15-16-9-4-3-5-10-16/h3-5,8-11,14H,1-2,6-7,12-13,15H2. The Morgan fingerprint density at radius 2 is 1.71 bits per heavy atom. The van der Waals surface area contributed by atoms with Gasteiger partial charge in [-0.05, 0) is 42.7 Å². The second-order valence-electron chi connectivity index (χ2n) is 6.53. The Hall–Kier alpha value is -1.39. The fraction of sp³-hybridized carbons (Fsp3) is 0.400. The molecule has 1 spiro atoms. The SMILES string of the molecule is c1ccc(CSC2=NC3(CCCCCC3)N=C2c2cccs2)cc1. The van der Waals surface area contributed by atoms with Crippen LogP contribution in [0.4, 0.5) is 0 Å². The number of hydrogen-bond donors (Lipinski definition) is 0. The lowest BCUT2D eigenvalue weighted by molar-refractivity contribution is 0.401. The van der Waals surface area contributed by atoms with E-state index in [4.69, 9.17) is 9.98 Å². The fourth-order valence-electron chi connectivity index (χ4n) is 3.44. The van der Waals surface area contributed by atoms with E-state index >= 15 is 0 Å². The first-order valence-electron chi connectivity index (χ1n) is 8.75. The molecular weight excluding hydrogens is 332 g/mol. The Kier molecular flexibility index (Phi) is 4.86. The third-order valence-electron chi connectivity index (χ3n) is 4.71. The zero-order valence-electron chi connectivity index (χ0n) is 13.8. The maximum Gasteiger partial charge on any atom is 0.152 e. The molecule has 0 radical (unpaired) electrons. The zero-order valence-corrected chi connectivity index (χ0v) is 15.4. The molecule has 0 N–H and O–H groups in total. The monoisotopic (exact) mass is 354 g/mol. The number of thioether (sulfide) groups is 1. The Balaban J connectivity index is 1.60. The van der Waals surface area contributed by atoms with Crippen molar-refractivity contribution in [2.75, 3.05) is 0 Å². The molecule has 4 rings (SSSR count). The van der Waals surface area contributed by atoms with Gasteiger partial charge in [0.25, 0.3) is 0 Å². The second kappa shape index (κ2) is 7.24. The molecule has 24 heavy (non-hydrogen) atoms. The Bertz CT molecular complexity index is 724. The first-order valence-corrected chi connectivity index (χ1v) is 10.6. The van der Waals surface area contributed by atoms with E-state index in [0.29, 0.717) is 0 Å². The van der Waals surface area contributed by atoms with E-state index in [-0.39, 0.29) is 5.66 Å². The van der Waals surface area contributed by atoms with Crippen molar-refractivity contribution in [3.63, 3.8) is 0 Å². The molecule has 2 aromatic rings. The lowest BCUT2D eigenvalue weighted by atomic mass is 10.0. The van der Waals surface area contributed by atoms with E-state index in [0.717, 1.165) is 29.3 Å². The van der Waals surface area contributed by atoms with Gasteiger partial charge in [0, 0.05) is 5.75 Å². The quantitative estimate of drug-likeness (QED) is 0.670. The summed E-state index contributed by atoms with van der Waals surface area (Å²) in [5.41, 5.74) is 2.31. The summed E-state index contributed by atoms with van der Waals surface area (Å²) in [4.78, 5) is 11.6. The molecule has 0 bridgehead atoms. The summed E-state index contributed by atoms with van der Waals surface area (Å²) < 4.78 is 0. The number of hydrogen-bond acceptors (Lipinski definition) is 4. The molecule has 0 unspecified atom stereocenters. The van der Waals surface area contributed by atoms with Gasteiger partial charge in [-0.3, -0.25) is 4.99 Å². The van der Waals surface area contributed by atoms with Crippen molar-refractivity contribution in [2.24, 2.45) is 9.98 Å². The minimum absolute atomic E-state index is 0.172. The molecule has 1 aliphatic carbocycles. The van der Waals surface area contributed by atoms with Crippen LogP contribution in [-0.4, -0.2) is 16.4 Å². The average molecular weight is 355 g/mol. The van der Waals surface area contributed by atoms with Gasteiger partial charge in [-0.1, -0.05) is 61.0 Å². The van der Waals surface area contributed by atoms with Crippen LogP contribution < -0.4 is 0 Å². The third kappa shape index (κ3) is 3.50. The van der Waals surface area contributed by atoms with Crippen LogP contribution in [0.3, 0.4) is 0 Å². The second-order valence-corrected chi connectivity index (χ2v) is 8.44. The summed E-state index contributed by atoms with van der Waals surface area (Å²) in [6.45, 7) is 0. The molecule has 0 atom stereocenters. The highest BCUT2D eigenvalue weighted by Crippen LogP contribution is 2.38. The Morgan fingerprint density at radius 1 is 0.917 bits per heavy atom. The van der Waals surface area contributed by atoms with Crippen LogP contribution in [-0.2, 0) is 5.75 Å². The van der Waals surface area contributed by atoms with Crippen LogP contribution in [0, 0.1) is 0 Å². The van der Waals surface area contributed by atoms with Crippen molar-refractivity contribution in [3.05, 3.63) is 58.3 Å². The van der Waals surface area contributed by atoms with Crippen LogP contribution in [0.5, 0.6) is 0 Å². The smallest absolute Gasteiger partial charge is 0.152 e. The van der Waals surface area contributed by atoms with Gasteiger partial charge in [-0.25, -0.2) is 4.99 Å². The first-order chi connectivity index (χ1) is 11.8. The number of nitrogens with zero attached hydrogens (tertiary/aromatic N) is 2. The molecule has 1 saturated carbocycles. The summed E-state index contributed by atoms with van der Waals surface area (Å²) in [5.74, 6) is 0.958. The van der Waals surface area contributed by atoms with Crippen molar-refractivity contribution in [3.8, 4) is 0 Å². The first kappa shape index (κ1) is 16.1. The topological polar surface area (TPSA) is 24.7 Å². The Morgan fingerprint density at radius 3 is 2.42 bits per heavy atom. The molecule has 2 heterocycles. The molecule has 2 aliphatic rings. The zero-order chi connectivity index (χ0) is 16.2. The van der Waals surface area contributed by atoms with Gasteiger partial charge in [0.2, 0.25) is 0 Å². The maximum absolute atomic E-state index is 5.18. The summed E-state index contributed by atoms with van der Waals surface area (Å²) in [5, 5.41) is 3.28. The van der Waals surface area contributed by atoms with Crippen LogP contribution in [0.1, 0.15) is 49.0 Å². The largest absolute Gasteiger partial charge is 0.251 e.